The van der Waals surface area contributed by atoms with E-state index in [2.05, 4.69) is 107 Å². The Morgan fingerprint density at radius 2 is 1.12 bits per heavy atom. The van der Waals surface area contributed by atoms with Gasteiger partial charge in [-0.1, -0.05) is 32.9 Å². The quantitative estimate of drug-likeness (QED) is 0.158. The first-order valence-electron chi connectivity index (χ1n) is 15.4. The predicted octanol–water partition coefficient (Wildman–Crippen LogP) is 8.35. The van der Waals surface area contributed by atoms with Gasteiger partial charge in [-0.15, -0.1) is 5.10 Å². The maximum Gasteiger partial charge on any atom is 0.108 e. The molecule has 0 saturated carbocycles. The lowest BCUT2D eigenvalue weighted by atomic mass is 9.75. The first kappa shape index (κ1) is 37.0. The average molecular weight is 568 g/mol. The molecule has 0 fully saturated rings. The standard InChI is InChI=1S/C33H65N3O4/c1-26(2)28(3,4)16-18-31(9,10)39-23-21-33(13,14)40-25-27-24-36(35-34-27)29(5,6)17-19-32(11,12)38-22-20-30(7,8)37-15/h24,26H,16-23,25H2,1-15H3. The number of hydrogen-bond acceptors (Lipinski definition) is 6. The lowest BCUT2D eigenvalue weighted by molar-refractivity contribution is -0.0835. The van der Waals surface area contributed by atoms with Crippen molar-refractivity contribution in [3.05, 3.63) is 11.9 Å². The van der Waals surface area contributed by atoms with Gasteiger partial charge in [-0.2, -0.15) is 0 Å². The molecule has 1 heterocycles. The summed E-state index contributed by atoms with van der Waals surface area (Å²) in [6.45, 7) is 32.6. The molecule has 1 rings (SSSR count). The monoisotopic (exact) mass is 567 g/mol. The van der Waals surface area contributed by atoms with Crippen molar-refractivity contribution in [1.82, 2.24) is 15.0 Å². The maximum atomic E-state index is 6.31. The molecule has 0 radical (unpaired) electrons. The predicted molar refractivity (Wildman–Crippen MR) is 166 cm³/mol. The van der Waals surface area contributed by atoms with Crippen molar-refractivity contribution in [2.75, 3.05) is 20.3 Å². The Balaban J connectivity index is 2.53. The third kappa shape index (κ3) is 13.8. The van der Waals surface area contributed by atoms with Crippen molar-refractivity contribution in [3.63, 3.8) is 0 Å². The Morgan fingerprint density at radius 3 is 1.62 bits per heavy atom. The third-order valence-electron chi connectivity index (χ3n) is 8.99. The van der Waals surface area contributed by atoms with Crippen LogP contribution in [0, 0.1) is 11.3 Å². The van der Waals surface area contributed by atoms with E-state index in [9.17, 15) is 0 Å². The lowest BCUT2D eigenvalue weighted by Crippen LogP contribution is -2.34. The molecule has 236 valence electrons. The van der Waals surface area contributed by atoms with Gasteiger partial charge in [0.15, 0.2) is 0 Å². The number of methoxy groups -OCH3 is 1. The zero-order valence-corrected chi connectivity index (χ0v) is 29.0. The van der Waals surface area contributed by atoms with E-state index in [0.29, 0.717) is 31.2 Å². The van der Waals surface area contributed by atoms with Crippen LogP contribution in [0.25, 0.3) is 0 Å². The minimum Gasteiger partial charge on any atom is -0.379 e. The maximum absolute atomic E-state index is 6.31. The summed E-state index contributed by atoms with van der Waals surface area (Å²) < 4.78 is 26.3. The Labute approximate surface area is 247 Å². The van der Waals surface area contributed by atoms with Crippen molar-refractivity contribution in [2.24, 2.45) is 11.3 Å². The molecule has 0 N–H and O–H groups in total. The molecule has 0 unspecified atom stereocenters. The Hall–Kier alpha value is -1.02. The van der Waals surface area contributed by atoms with Crippen LogP contribution in [0.2, 0.25) is 0 Å². The van der Waals surface area contributed by atoms with Gasteiger partial charge in [0.1, 0.15) is 5.69 Å². The zero-order valence-electron chi connectivity index (χ0n) is 29.0. The average Bonchev–Trinajstić information content (AvgIpc) is 3.30. The zero-order chi connectivity index (χ0) is 31.0. The molecule has 0 atom stereocenters. The van der Waals surface area contributed by atoms with Crippen LogP contribution < -0.4 is 0 Å². The second-order valence-corrected chi connectivity index (χ2v) is 15.8. The smallest absolute Gasteiger partial charge is 0.108 e. The number of rotatable bonds is 20. The van der Waals surface area contributed by atoms with Crippen molar-refractivity contribution >= 4 is 0 Å². The second kappa shape index (κ2) is 14.4. The molecular weight excluding hydrogens is 502 g/mol. The van der Waals surface area contributed by atoms with Crippen molar-refractivity contribution < 1.29 is 18.9 Å². The summed E-state index contributed by atoms with van der Waals surface area (Å²) in [4.78, 5) is 0. The minimum absolute atomic E-state index is 0.142. The van der Waals surface area contributed by atoms with Gasteiger partial charge in [0.25, 0.3) is 0 Å². The molecule has 0 bridgehead atoms. The van der Waals surface area contributed by atoms with Crippen LogP contribution in [0.1, 0.15) is 141 Å². The van der Waals surface area contributed by atoms with Crippen LogP contribution in [0.4, 0.5) is 0 Å². The number of hydrogen-bond donors (Lipinski definition) is 0. The first-order valence-corrected chi connectivity index (χ1v) is 15.4. The van der Waals surface area contributed by atoms with Gasteiger partial charge in [-0.05, 0) is 119 Å². The van der Waals surface area contributed by atoms with Gasteiger partial charge in [-0.25, -0.2) is 4.68 Å². The summed E-state index contributed by atoms with van der Waals surface area (Å²) in [7, 11) is 1.75. The molecule has 40 heavy (non-hydrogen) atoms. The van der Waals surface area contributed by atoms with E-state index in [1.165, 1.54) is 0 Å². The van der Waals surface area contributed by atoms with Gasteiger partial charge >= 0.3 is 0 Å². The molecule has 7 heteroatoms. The fourth-order valence-electron chi connectivity index (χ4n) is 4.03. The van der Waals surface area contributed by atoms with Crippen LogP contribution in [0.5, 0.6) is 0 Å². The van der Waals surface area contributed by atoms with Crippen LogP contribution in [0.15, 0.2) is 6.20 Å². The number of ether oxygens (including phenoxy) is 4. The molecule has 0 aliphatic carbocycles. The normalized spacial score (nSPS) is 14.4. The van der Waals surface area contributed by atoms with Crippen molar-refractivity contribution in [1.29, 1.82) is 0 Å². The highest BCUT2D eigenvalue weighted by Crippen LogP contribution is 2.35. The highest BCUT2D eigenvalue weighted by molar-refractivity contribution is 4.94. The fourth-order valence-corrected chi connectivity index (χ4v) is 4.03. The van der Waals surface area contributed by atoms with E-state index in [4.69, 9.17) is 18.9 Å². The van der Waals surface area contributed by atoms with Gasteiger partial charge in [0.05, 0.1) is 54.0 Å². The summed E-state index contributed by atoms with van der Waals surface area (Å²) >= 11 is 0. The van der Waals surface area contributed by atoms with E-state index in [0.717, 1.165) is 44.2 Å². The summed E-state index contributed by atoms with van der Waals surface area (Å²) in [6, 6.07) is 0. The Bertz CT molecular complexity index is 869. The molecule has 0 amide bonds. The highest BCUT2D eigenvalue weighted by Gasteiger charge is 2.30. The van der Waals surface area contributed by atoms with E-state index in [1.807, 2.05) is 10.9 Å². The van der Waals surface area contributed by atoms with Crippen LogP contribution in [0.3, 0.4) is 0 Å². The summed E-state index contributed by atoms with van der Waals surface area (Å²) in [6.07, 6.45) is 7.73. The summed E-state index contributed by atoms with van der Waals surface area (Å²) in [5, 5.41) is 8.85. The Kier molecular flexibility index (Phi) is 13.4. The van der Waals surface area contributed by atoms with Crippen molar-refractivity contribution in [2.45, 2.75) is 170 Å². The molecule has 0 aliphatic heterocycles. The summed E-state index contributed by atoms with van der Waals surface area (Å²) in [5.74, 6) is 0.657. The van der Waals surface area contributed by atoms with Gasteiger partial charge in [0, 0.05) is 7.11 Å². The fraction of sp³-hybridized carbons (Fsp3) is 0.939. The topological polar surface area (TPSA) is 67.6 Å². The second-order valence-electron chi connectivity index (χ2n) is 15.8. The van der Waals surface area contributed by atoms with Gasteiger partial charge < -0.3 is 18.9 Å². The SMILES string of the molecule is COC(C)(C)CCOC(C)(C)CCC(C)(C)n1cc(COC(C)(C)CCOC(C)(C)CCC(C)(C)C(C)C)nn1. The van der Waals surface area contributed by atoms with Crippen LogP contribution in [-0.4, -0.2) is 57.7 Å². The number of aromatic nitrogens is 3. The molecule has 1 aromatic heterocycles. The lowest BCUT2D eigenvalue weighted by Gasteiger charge is -2.35. The largest absolute Gasteiger partial charge is 0.379 e. The van der Waals surface area contributed by atoms with Gasteiger partial charge in [-0.3, -0.25) is 0 Å². The third-order valence-corrected chi connectivity index (χ3v) is 8.99. The van der Waals surface area contributed by atoms with Gasteiger partial charge in [0.2, 0.25) is 0 Å². The molecule has 0 spiro atoms. The molecule has 0 aliphatic rings. The molecule has 1 aromatic rings. The highest BCUT2D eigenvalue weighted by atomic mass is 16.5. The molecule has 0 aromatic carbocycles. The summed E-state index contributed by atoms with van der Waals surface area (Å²) in [5.41, 5.74) is 0.130. The molecule has 7 nitrogen and oxygen atoms in total. The van der Waals surface area contributed by atoms with E-state index in [-0.39, 0.29) is 27.9 Å². The van der Waals surface area contributed by atoms with Crippen LogP contribution >= 0.6 is 0 Å². The number of nitrogens with zero attached hydrogens (tertiary/aromatic N) is 3. The van der Waals surface area contributed by atoms with Crippen LogP contribution in [-0.2, 0) is 31.1 Å². The van der Waals surface area contributed by atoms with Crippen molar-refractivity contribution in [3.8, 4) is 0 Å². The van der Waals surface area contributed by atoms with E-state index < -0.39 is 0 Å². The Morgan fingerprint density at radius 1 is 0.650 bits per heavy atom. The van der Waals surface area contributed by atoms with E-state index >= 15 is 0 Å². The van der Waals surface area contributed by atoms with E-state index in [1.54, 1.807) is 7.11 Å². The first-order chi connectivity index (χ1) is 18.0. The molecule has 0 saturated heterocycles. The minimum atomic E-state index is -0.314. The molecular formula is C33H65N3O4.